The lowest BCUT2D eigenvalue weighted by Crippen LogP contribution is -2.30. The zero-order chi connectivity index (χ0) is 15.1. The van der Waals surface area contributed by atoms with E-state index in [1.165, 1.54) is 12.2 Å². The average Bonchev–Trinajstić information content (AvgIpc) is 2.33. The van der Waals surface area contributed by atoms with E-state index < -0.39 is 11.9 Å². The number of allylic oxidation sites excluding steroid dienone is 1. The van der Waals surface area contributed by atoms with Gasteiger partial charge in [-0.05, 0) is 17.7 Å². The van der Waals surface area contributed by atoms with Gasteiger partial charge in [0.25, 0.3) is 0 Å². The highest BCUT2D eigenvalue weighted by molar-refractivity contribution is 6.06. The number of carbonyl (C=O) groups is 3. The van der Waals surface area contributed by atoms with E-state index in [1.807, 2.05) is 0 Å². The molecule has 0 aromatic heterocycles. The monoisotopic (exact) mass is 283 g/mol. The molecule has 0 fully saturated rings. The second kappa shape index (κ2) is 7.53. The number of aliphatic hydroxyl groups excluding tert-OH is 1. The largest absolute Gasteiger partial charge is 0.480 e. The number of rotatable bonds is 8. The molecule has 0 aliphatic heterocycles. The Hall–Kier alpha value is -2.03. The van der Waals surface area contributed by atoms with E-state index in [2.05, 4.69) is 10.6 Å². The number of aliphatic hydroxyl groups is 1. The highest BCUT2D eigenvalue weighted by Gasteiger charge is 2.21. The van der Waals surface area contributed by atoms with Gasteiger partial charge < -0.3 is 26.0 Å². The fraction of sp³-hybridized carbons (Fsp3) is 0.333. The standard InChI is InChI=1S/C12H15N2O6/c15-9-1-7(3-13-5-11(17)18)10(16)2-8(9)4-14-6-12(19)20/h1-2,13-15H,3-6H2,(H,17,18)(H,19,20). The Morgan fingerprint density at radius 3 is 1.95 bits per heavy atom. The zero-order valence-electron chi connectivity index (χ0n) is 10.5. The van der Waals surface area contributed by atoms with Crippen LogP contribution in [0.15, 0.2) is 23.3 Å². The summed E-state index contributed by atoms with van der Waals surface area (Å²) in [5.74, 6) is -2.44. The van der Waals surface area contributed by atoms with Crippen molar-refractivity contribution in [2.75, 3.05) is 26.2 Å². The van der Waals surface area contributed by atoms with E-state index >= 15 is 0 Å². The number of hydrogen-bond donors (Lipinski definition) is 5. The van der Waals surface area contributed by atoms with Crippen molar-refractivity contribution in [2.24, 2.45) is 0 Å². The number of hydrogen-bond acceptors (Lipinski definition) is 6. The van der Waals surface area contributed by atoms with E-state index in [0.29, 0.717) is 5.57 Å². The summed E-state index contributed by atoms with van der Waals surface area (Å²) < 4.78 is 0. The predicted octanol–water partition coefficient (Wildman–Crippen LogP) is -1.33. The summed E-state index contributed by atoms with van der Waals surface area (Å²) >= 11 is 0. The molecule has 109 valence electrons. The summed E-state index contributed by atoms with van der Waals surface area (Å²) in [6.45, 7) is -0.491. The predicted molar refractivity (Wildman–Crippen MR) is 67.4 cm³/mol. The summed E-state index contributed by atoms with van der Waals surface area (Å²) in [5.41, 5.74) is 0.531. The second-order valence-corrected chi connectivity index (χ2v) is 4.08. The number of carbonyl (C=O) groups excluding carboxylic acids is 1. The molecular weight excluding hydrogens is 268 g/mol. The Labute approximate surface area is 114 Å². The van der Waals surface area contributed by atoms with Gasteiger partial charge in [0.2, 0.25) is 0 Å². The lowest BCUT2D eigenvalue weighted by atomic mass is 9.95. The van der Waals surface area contributed by atoms with E-state index in [4.69, 9.17) is 10.2 Å². The molecular formula is C12H15N2O6. The first-order valence-electron chi connectivity index (χ1n) is 5.77. The van der Waals surface area contributed by atoms with Crippen LogP contribution in [-0.2, 0) is 14.4 Å². The third-order valence-electron chi connectivity index (χ3n) is 2.45. The van der Waals surface area contributed by atoms with Crippen LogP contribution in [0.4, 0.5) is 0 Å². The van der Waals surface area contributed by atoms with Crippen LogP contribution in [0.1, 0.15) is 0 Å². The SMILES string of the molecule is O=C(O)CNCC1=CC(=O)C(CNCC(=O)O)=C[C]1O. The maximum Gasteiger partial charge on any atom is 0.317 e. The third kappa shape index (κ3) is 5.31. The van der Waals surface area contributed by atoms with Crippen LogP contribution in [0, 0.1) is 6.10 Å². The molecule has 0 heterocycles. The molecule has 0 saturated carbocycles. The number of nitrogens with one attached hydrogen (secondary N) is 2. The Morgan fingerprint density at radius 1 is 0.950 bits per heavy atom. The Bertz CT molecular complexity index is 469. The number of ketones is 1. The molecule has 1 aliphatic carbocycles. The van der Waals surface area contributed by atoms with Crippen molar-refractivity contribution in [3.8, 4) is 0 Å². The molecule has 0 aromatic carbocycles. The third-order valence-corrected chi connectivity index (χ3v) is 2.45. The van der Waals surface area contributed by atoms with Gasteiger partial charge in [-0.2, -0.15) is 0 Å². The van der Waals surface area contributed by atoms with Crippen LogP contribution in [0.25, 0.3) is 0 Å². The smallest absolute Gasteiger partial charge is 0.317 e. The van der Waals surface area contributed by atoms with Crippen LogP contribution in [0.2, 0.25) is 0 Å². The summed E-state index contributed by atoms with van der Waals surface area (Å²) in [4.78, 5) is 32.4. The van der Waals surface area contributed by atoms with E-state index in [-0.39, 0.29) is 43.6 Å². The fourth-order valence-electron chi connectivity index (χ4n) is 1.54. The molecule has 8 heteroatoms. The second-order valence-electron chi connectivity index (χ2n) is 4.08. The highest BCUT2D eigenvalue weighted by atomic mass is 16.4. The van der Waals surface area contributed by atoms with Crippen molar-refractivity contribution in [2.45, 2.75) is 0 Å². The van der Waals surface area contributed by atoms with Crippen LogP contribution < -0.4 is 10.6 Å². The first kappa shape index (κ1) is 16.0. The van der Waals surface area contributed by atoms with Gasteiger partial charge in [-0.15, -0.1) is 0 Å². The van der Waals surface area contributed by atoms with Gasteiger partial charge in [0.15, 0.2) is 5.78 Å². The minimum Gasteiger partial charge on any atom is -0.480 e. The van der Waals surface area contributed by atoms with Gasteiger partial charge in [-0.1, -0.05) is 0 Å². The fourth-order valence-corrected chi connectivity index (χ4v) is 1.54. The van der Waals surface area contributed by atoms with E-state index in [9.17, 15) is 19.5 Å². The van der Waals surface area contributed by atoms with Crippen LogP contribution >= 0.6 is 0 Å². The first-order chi connectivity index (χ1) is 9.40. The molecule has 5 N–H and O–H groups in total. The van der Waals surface area contributed by atoms with Crippen molar-refractivity contribution in [1.82, 2.24) is 10.6 Å². The van der Waals surface area contributed by atoms with E-state index in [1.54, 1.807) is 0 Å². The lowest BCUT2D eigenvalue weighted by molar-refractivity contribution is -0.136. The molecule has 0 unspecified atom stereocenters. The summed E-state index contributed by atoms with van der Waals surface area (Å²) in [6, 6.07) is 0. The first-order valence-corrected chi connectivity index (χ1v) is 5.77. The molecule has 20 heavy (non-hydrogen) atoms. The van der Waals surface area contributed by atoms with Crippen molar-refractivity contribution in [3.05, 3.63) is 29.4 Å². The Balaban J connectivity index is 2.50. The molecule has 1 rings (SSSR count). The summed E-state index contributed by atoms with van der Waals surface area (Å²) in [5, 5.41) is 31.7. The van der Waals surface area contributed by atoms with Crippen LogP contribution in [0.5, 0.6) is 0 Å². The Morgan fingerprint density at radius 2 is 1.45 bits per heavy atom. The van der Waals surface area contributed by atoms with Gasteiger partial charge in [0.05, 0.1) is 13.1 Å². The maximum absolute atomic E-state index is 11.7. The van der Waals surface area contributed by atoms with Crippen molar-refractivity contribution < 1.29 is 29.7 Å². The normalized spacial score (nSPS) is 15.8. The number of aliphatic carboxylic acids is 2. The molecule has 0 atom stereocenters. The molecule has 0 saturated heterocycles. The van der Waals surface area contributed by atoms with E-state index in [0.717, 1.165) is 0 Å². The number of carboxylic acids is 2. The zero-order valence-corrected chi connectivity index (χ0v) is 10.5. The minimum absolute atomic E-state index is 0.0293. The van der Waals surface area contributed by atoms with Gasteiger partial charge in [0.1, 0.15) is 6.10 Å². The number of carboxylic acid groups (broad SMARTS) is 2. The van der Waals surface area contributed by atoms with Gasteiger partial charge >= 0.3 is 11.9 Å². The molecule has 0 spiro atoms. The van der Waals surface area contributed by atoms with Crippen LogP contribution in [-0.4, -0.2) is 59.2 Å². The van der Waals surface area contributed by atoms with Crippen molar-refractivity contribution >= 4 is 17.7 Å². The quantitative estimate of drug-likeness (QED) is 0.370. The molecule has 1 aliphatic rings. The van der Waals surface area contributed by atoms with Gasteiger partial charge in [0, 0.05) is 18.7 Å². The summed E-state index contributed by atoms with van der Waals surface area (Å²) in [6.07, 6.45) is 2.30. The molecule has 8 nitrogen and oxygen atoms in total. The molecule has 0 bridgehead atoms. The Kier molecular flexibility index (Phi) is 6.04. The minimum atomic E-state index is -1.05. The van der Waals surface area contributed by atoms with Gasteiger partial charge in [-0.3, -0.25) is 14.4 Å². The van der Waals surface area contributed by atoms with Gasteiger partial charge in [-0.25, -0.2) is 0 Å². The molecule has 0 aromatic rings. The van der Waals surface area contributed by atoms with Crippen molar-refractivity contribution in [1.29, 1.82) is 0 Å². The lowest BCUT2D eigenvalue weighted by Gasteiger charge is -2.17. The average molecular weight is 283 g/mol. The highest BCUT2D eigenvalue weighted by Crippen LogP contribution is 2.20. The molecule has 0 amide bonds. The summed E-state index contributed by atoms with van der Waals surface area (Å²) in [7, 11) is 0. The van der Waals surface area contributed by atoms with Crippen LogP contribution in [0.3, 0.4) is 0 Å². The molecule has 1 radical (unpaired) electrons. The topological polar surface area (TPSA) is 136 Å². The maximum atomic E-state index is 11.7. The van der Waals surface area contributed by atoms with Crippen molar-refractivity contribution in [3.63, 3.8) is 0 Å².